The Morgan fingerprint density at radius 2 is 1.96 bits per heavy atom. The Labute approximate surface area is 153 Å². The average Bonchev–Trinajstić information content (AvgIpc) is 3.41. The highest BCUT2D eigenvalue weighted by Gasteiger charge is 2.34. The highest BCUT2D eigenvalue weighted by Crippen LogP contribution is 2.30. The van der Waals surface area contributed by atoms with Gasteiger partial charge < -0.3 is 10.2 Å². The number of nitrogens with zero attached hydrogens (tertiary/aromatic N) is 2. The Bertz CT molecular complexity index is 683. The molecule has 0 spiro atoms. The molecule has 0 aromatic heterocycles. The Morgan fingerprint density at radius 1 is 1.19 bits per heavy atom. The smallest absolute Gasteiger partial charge is 0.224 e. The van der Waals surface area contributed by atoms with Crippen LogP contribution in [-0.2, 0) is 9.59 Å². The lowest BCUT2D eigenvalue weighted by atomic mass is 9.98. The van der Waals surface area contributed by atoms with Gasteiger partial charge in [-0.15, -0.1) is 0 Å². The Hall–Kier alpha value is -1.95. The van der Waals surface area contributed by atoms with Crippen LogP contribution in [0.2, 0.25) is 0 Å². The summed E-state index contributed by atoms with van der Waals surface area (Å²) in [5.41, 5.74) is 0.905. The summed E-state index contributed by atoms with van der Waals surface area (Å²) in [5.74, 6) is 0.451. The third-order valence-electron chi connectivity index (χ3n) is 5.79. The molecule has 6 heteroatoms. The SMILES string of the molecule is O=C(NC1CCN(CN2C[C@@H](c3cccc(F)c3)CC2=O)CC1)C1CC1. The molecule has 1 atom stereocenters. The van der Waals surface area contributed by atoms with Gasteiger partial charge >= 0.3 is 0 Å². The fraction of sp³-hybridized carbons (Fsp3) is 0.600. The van der Waals surface area contributed by atoms with Crippen molar-refractivity contribution in [3.63, 3.8) is 0 Å². The van der Waals surface area contributed by atoms with Gasteiger partial charge in [-0.05, 0) is 43.4 Å². The van der Waals surface area contributed by atoms with E-state index in [9.17, 15) is 14.0 Å². The zero-order valence-corrected chi connectivity index (χ0v) is 15.0. The van der Waals surface area contributed by atoms with E-state index in [1.807, 2.05) is 11.0 Å². The maximum atomic E-state index is 13.4. The fourth-order valence-corrected chi connectivity index (χ4v) is 4.02. The van der Waals surface area contributed by atoms with E-state index in [0.29, 0.717) is 19.6 Å². The first-order valence-electron chi connectivity index (χ1n) is 9.64. The molecule has 0 unspecified atom stereocenters. The molecule has 1 aromatic carbocycles. The minimum absolute atomic E-state index is 0.0774. The van der Waals surface area contributed by atoms with Crippen molar-refractivity contribution in [3.8, 4) is 0 Å². The molecule has 1 saturated carbocycles. The molecule has 3 aliphatic rings. The lowest BCUT2D eigenvalue weighted by Crippen LogP contribution is -2.48. The second kappa shape index (κ2) is 7.35. The van der Waals surface area contributed by atoms with Crippen molar-refractivity contribution < 1.29 is 14.0 Å². The topological polar surface area (TPSA) is 52.7 Å². The van der Waals surface area contributed by atoms with Gasteiger partial charge in [0.15, 0.2) is 0 Å². The van der Waals surface area contributed by atoms with Crippen LogP contribution >= 0.6 is 0 Å². The van der Waals surface area contributed by atoms with Crippen molar-refractivity contribution in [3.05, 3.63) is 35.6 Å². The van der Waals surface area contributed by atoms with Crippen LogP contribution in [0.4, 0.5) is 4.39 Å². The maximum absolute atomic E-state index is 13.4. The summed E-state index contributed by atoms with van der Waals surface area (Å²) in [5, 5.41) is 3.16. The first-order valence-corrected chi connectivity index (χ1v) is 9.64. The van der Waals surface area contributed by atoms with Crippen LogP contribution in [0.5, 0.6) is 0 Å². The minimum Gasteiger partial charge on any atom is -0.353 e. The predicted molar refractivity (Wildman–Crippen MR) is 95.8 cm³/mol. The molecule has 26 heavy (non-hydrogen) atoms. The van der Waals surface area contributed by atoms with E-state index in [0.717, 1.165) is 44.3 Å². The van der Waals surface area contributed by atoms with Gasteiger partial charge in [-0.3, -0.25) is 14.5 Å². The van der Waals surface area contributed by atoms with Gasteiger partial charge in [-0.2, -0.15) is 0 Å². The summed E-state index contributed by atoms with van der Waals surface area (Å²) >= 11 is 0. The zero-order chi connectivity index (χ0) is 18.1. The van der Waals surface area contributed by atoms with Gasteiger partial charge in [0, 0.05) is 43.9 Å². The molecule has 2 aliphatic heterocycles. The molecule has 5 nitrogen and oxygen atoms in total. The minimum atomic E-state index is -0.247. The second-order valence-electron chi connectivity index (χ2n) is 7.89. The van der Waals surface area contributed by atoms with E-state index in [-0.39, 0.29) is 35.5 Å². The van der Waals surface area contributed by atoms with E-state index < -0.39 is 0 Å². The van der Waals surface area contributed by atoms with Gasteiger partial charge in [0.2, 0.25) is 11.8 Å². The lowest BCUT2D eigenvalue weighted by Gasteiger charge is -2.34. The molecule has 2 amide bonds. The van der Waals surface area contributed by atoms with Crippen LogP contribution in [-0.4, -0.2) is 54.0 Å². The zero-order valence-electron chi connectivity index (χ0n) is 15.0. The van der Waals surface area contributed by atoms with E-state index in [2.05, 4.69) is 10.2 Å². The predicted octanol–water partition coefficient (Wildman–Crippen LogP) is 2.09. The Balaban J connectivity index is 1.25. The standard InChI is InChI=1S/C20H26FN3O2/c21-17-3-1-2-15(10-17)16-11-19(25)24(12-16)13-23-8-6-18(7-9-23)22-20(26)14-4-5-14/h1-3,10,14,16,18H,4-9,11-13H2,(H,22,26)/t16-/m0/s1. The molecule has 0 bridgehead atoms. The summed E-state index contributed by atoms with van der Waals surface area (Å²) in [6.45, 7) is 3.07. The third kappa shape index (κ3) is 4.06. The second-order valence-corrected chi connectivity index (χ2v) is 7.89. The molecule has 3 fully saturated rings. The van der Waals surface area contributed by atoms with Crippen LogP contribution in [0.3, 0.4) is 0 Å². The van der Waals surface area contributed by atoms with E-state index in [4.69, 9.17) is 0 Å². The van der Waals surface area contributed by atoms with Crippen LogP contribution < -0.4 is 5.32 Å². The van der Waals surface area contributed by atoms with E-state index in [1.165, 1.54) is 12.1 Å². The molecule has 0 radical (unpaired) electrons. The van der Waals surface area contributed by atoms with Crippen molar-refractivity contribution in [2.75, 3.05) is 26.3 Å². The number of benzene rings is 1. The van der Waals surface area contributed by atoms with Crippen LogP contribution in [0, 0.1) is 11.7 Å². The summed E-state index contributed by atoms with van der Waals surface area (Å²) in [6.07, 6.45) is 4.40. The molecular formula is C20H26FN3O2. The number of nitrogens with one attached hydrogen (secondary N) is 1. The number of carbonyl (C=O) groups excluding carboxylic acids is 2. The Morgan fingerprint density at radius 3 is 2.65 bits per heavy atom. The van der Waals surface area contributed by atoms with Crippen LogP contribution in [0.1, 0.15) is 43.6 Å². The van der Waals surface area contributed by atoms with Gasteiger partial charge in [0.1, 0.15) is 5.82 Å². The number of halogens is 1. The first kappa shape index (κ1) is 17.5. The van der Waals surface area contributed by atoms with Gasteiger partial charge in [0.05, 0.1) is 6.67 Å². The van der Waals surface area contributed by atoms with E-state index in [1.54, 1.807) is 6.07 Å². The summed E-state index contributed by atoms with van der Waals surface area (Å²) in [6, 6.07) is 6.85. The van der Waals surface area contributed by atoms with E-state index >= 15 is 0 Å². The third-order valence-corrected chi connectivity index (χ3v) is 5.79. The molecule has 2 heterocycles. The molecular weight excluding hydrogens is 333 g/mol. The summed E-state index contributed by atoms with van der Waals surface area (Å²) < 4.78 is 13.4. The number of hydrogen-bond donors (Lipinski definition) is 1. The van der Waals surface area contributed by atoms with Crippen molar-refractivity contribution in [1.82, 2.24) is 15.1 Å². The molecule has 2 saturated heterocycles. The highest BCUT2D eigenvalue weighted by atomic mass is 19.1. The highest BCUT2D eigenvalue weighted by molar-refractivity contribution is 5.81. The number of piperidine rings is 1. The van der Waals surface area contributed by atoms with Crippen LogP contribution in [0.15, 0.2) is 24.3 Å². The number of amides is 2. The van der Waals surface area contributed by atoms with Crippen molar-refractivity contribution in [2.24, 2.45) is 5.92 Å². The van der Waals surface area contributed by atoms with Crippen molar-refractivity contribution >= 4 is 11.8 Å². The number of hydrogen-bond acceptors (Lipinski definition) is 3. The average molecular weight is 359 g/mol. The molecule has 1 aliphatic carbocycles. The molecule has 1 N–H and O–H groups in total. The van der Waals surface area contributed by atoms with Gasteiger partial charge in [-0.25, -0.2) is 4.39 Å². The first-order chi connectivity index (χ1) is 12.6. The molecule has 4 rings (SSSR count). The molecule has 140 valence electrons. The lowest BCUT2D eigenvalue weighted by molar-refractivity contribution is -0.129. The monoisotopic (exact) mass is 359 g/mol. The van der Waals surface area contributed by atoms with Crippen molar-refractivity contribution in [2.45, 2.75) is 44.1 Å². The number of carbonyl (C=O) groups is 2. The summed E-state index contributed by atoms with van der Waals surface area (Å²) in [4.78, 5) is 28.4. The molecule has 1 aromatic rings. The Kier molecular flexibility index (Phi) is 4.94. The quantitative estimate of drug-likeness (QED) is 0.876. The number of likely N-dealkylation sites (tertiary alicyclic amines) is 2. The largest absolute Gasteiger partial charge is 0.353 e. The van der Waals surface area contributed by atoms with Crippen molar-refractivity contribution in [1.29, 1.82) is 0 Å². The number of rotatable bonds is 5. The fourth-order valence-electron chi connectivity index (χ4n) is 4.02. The van der Waals surface area contributed by atoms with Gasteiger partial charge in [-0.1, -0.05) is 12.1 Å². The normalized spacial score (nSPS) is 24.9. The van der Waals surface area contributed by atoms with Gasteiger partial charge in [0.25, 0.3) is 0 Å². The summed E-state index contributed by atoms with van der Waals surface area (Å²) in [7, 11) is 0. The maximum Gasteiger partial charge on any atom is 0.224 e. The van der Waals surface area contributed by atoms with Crippen LogP contribution in [0.25, 0.3) is 0 Å².